The quantitative estimate of drug-likeness (QED) is 0.355. The Balaban J connectivity index is 1.85. The van der Waals surface area contributed by atoms with Gasteiger partial charge in [0.05, 0.1) is 11.6 Å². The largest absolute Gasteiger partial charge is 0.496 e. The second-order valence-corrected chi connectivity index (χ2v) is 7.76. The lowest BCUT2D eigenvalue weighted by atomic mass is 9.83. The van der Waals surface area contributed by atoms with Gasteiger partial charge in [-0.3, -0.25) is 4.99 Å². The van der Waals surface area contributed by atoms with Crippen molar-refractivity contribution in [2.45, 2.75) is 45.6 Å². The molecule has 0 heterocycles. The first-order chi connectivity index (χ1) is 12.6. The number of guanidine groups is 1. The van der Waals surface area contributed by atoms with Crippen LogP contribution in [-0.2, 0) is 11.3 Å². The SMILES string of the molecule is CCOCCC1(CNC(=NC)NCc2ccc(OC)c(Br)c2)CCCC1. The third-order valence-corrected chi connectivity index (χ3v) is 5.80. The Kier molecular flexibility index (Phi) is 8.72. The lowest BCUT2D eigenvalue weighted by Gasteiger charge is -2.30. The van der Waals surface area contributed by atoms with Gasteiger partial charge in [-0.15, -0.1) is 0 Å². The molecule has 0 unspecified atom stereocenters. The molecule has 6 heteroatoms. The number of halogens is 1. The van der Waals surface area contributed by atoms with Crippen molar-refractivity contribution >= 4 is 21.9 Å². The van der Waals surface area contributed by atoms with E-state index in [0.717, 1.165) is 42.4 Å². The molecule has 0 saturated heterocycles. The molecule has 1 fully saturated rings. The van der Waals surface area contributed by atoms with Gasteiger partial charge in [0.1, 0.15) is 5.75 Å². The number of methoxy groups -OCH3 is 1. The van der Waals surface area contributed by atoms with Crippen molar-refractivity contribution in [1.82, 2.24) is 10.6 Å². The summed E-state index contributed by atoms with van der Waals surface area (Å²) in [6, 6.07) is 6.10. The molecule has 0 amide bonds. The first-order valence-electron chi connectivity index (χ1n) is 9.47. The normalized spacial score (nSPS) is 16.5. The van der Waals surface area contributed by atoms with Crippen LogP contribution >= 0.6 is 15.9 Å². The lowest BCUT2D eigenvalue weighted by Crippen LogP contribution is -2.43. The van der Waals surface area contributed by atoms with E-state index in [4.69, 9.17) is 9.47 Å². The van der Waals surface area contributed by atoms with E-state index < -0.39 is 0 Å². The Hall–Kier alpha value is -1.27. The minimum atomic E-state index is 0.343. The highest BCUT2D eigenvalue weighted by Crippen LogP contribution is 2.40. The topological polar surface area (TPSA) is 54.9 Å². The zero-order valence-corrected chi connectivity index (χ0v) is 17.8. The van der Waals surface area contributed by atoms with Gasteiger partial charge in [-0.1, -0.05) is 18.9 Å². The minimum Gasteiger partial charge on any atom is -0.496 e. The zero-order chi connectivity index (χ0) is 18.8. The van der Waals surface area contributed by atoms with Crippen molar-refractivity contribution in [3.05, 3.63) is 28.2 Å². The van der Waals surface area contributed by atoms with Gasteiger partial charge in [-0.2, -0.15) is 0 Å². The summed E-state index contributed by atoms with van der Waals surface area (Å²) in [5.74, 6) is 1.69. The molecule has 2 N–H and O–H groups in total. The van der Waals surface area contributed by atoms with E-state index in [9.17, 15) is 0 Å². The van der Waals surface area contributed by atoms with Crippen LogP contribution in [0.1, 0.15) is 44.6 Å². The third kappa shape index (κ3) is 6.16. The van der Waals surface area contributed by atoms with Crippen molar-refractivity contribution in [3.8, 4) is 5.75 Å². The van der Waals surface area contributed by atoms with Gasteiger partial charge in [0, 0.05) is 33.4 Å². The van der Waals surface area contributed by atoms with Gasteiger partial charge in [-0.05, 0) is 65.2 Å². The van der Waals surface area contributed by atoms with E-state index in [0.29, 0.717) is 12.0 Å². The average molecular weight is 426 g/mol. The molecule has 0 aliphatic heterocycles. The van der Waals surface area contributed by atoms with Crippen molar-refractivity contribution in [3.63, 3.8) is 0 Å². The highest BCUT2D eigenvalue weighted by molar-refractivity contribution is 9.10. The van der Waals surface area contributed by atoms with Crippen LogP contribution in [0, 0.1) is 5.41 Å². The number of hydrogen-bond acceptors (Lipinski definition) is 3. The predicted octanol–water partition coefficient (Wildman–Crippen LogP) is 4.11. The molecule has 1 saturated carbocycles. The number of benzene rings is 1. The third-order valence-electron chi connectivity index (χ3n) is 5.18. The van der Waals surface area contributed by atoms with Crippen LogP contribution < -0.4 is 15.4 Å². The van der Waals surface area contributed by atoms with E-state index in [1.165, 1.54) is 31.2 Å². The van der Waals surface area contributed by atoms with Gasteiger partial charge in [0.15, 0.2) is 5.96 Å². The predicted molar refractivity (Wildman–Crippen MR) is 111 cm³/mol. The summed E-state index contributed by atoms with van der Waals surface area (Å²) in [5, 5.41) is 6.94. The molecule has 0 radical (unpaired) electrons. The maximum Gasteiger partial charge on any atom is 0.191 e. The number of rotatable bonds is 9. The van der Waals surface area contributed by atoms with Crippen LogP contribution in [-0.4, -0.2) is 39.9 Å². The van der Waals surface area contributed by atoms with Gasteiger partial charge in [0.25, 0.3) is 0 Å². The molecule has 1 aromatic rings. The number of nitrogens with zero attached hydrogens (tertiary/aromatic N) is 1. The number of hydrogen-bond donors (Lipinski definition) is 2. The van der Waals surface area contributed by atoms with Crippen LogP contribution in [0.4, 0.5) is 0 Å². The molecule has 0 atom stereocenters. The molecule has 1 aromatic carbocycles. The maximum atomic E-state index is 5.60. The second-order valence-electron chi connectivity index (χ2n) is 6.90. The second kappa shape index (κ2) is 10.8. The fourth-order valence-electron chi connectivity index (χ4n) is 3.57. The first-order valence-corrected chi connectivity index (χ1v) is 10.3. The standard InChI is InChI=1S/C20H32BrN3O2/c1-4-26-12-11-20(9-5-6-10-20)15-24-19(22-2)23-14-16-7-8-18(25-3)17(21)13-16/h7-8,13H,4-6,9-12,14-15H2,1-3H3,(H2,22,23,24). The molecular weight excluding hydrogens is 394 g/mol. The Bertz CT molecular complexity index is 586. The molecule has 2 rings (SSSR count). The molecule has 1 aliphatic carbocycles. The van der Waals surface area contributed by atoms with Crippen molar-refractivity contribution in [2.24, 2.45) is 10.4 Å². The van der Waals surface area contributed by atoms with Crippen molar-refractivity contribution < 1.29 is 9.47 Å². The van der Waals surface area contributed by atoms with Crippen LogP contribution in [0.2, 0.25) is 0 Å². The Morgan fingerprint density at radius 2 is 2.04 bits per heavy atom. The number of nitrogens with one attached hydrogen (secondary N) is 2. The fraction of sp³-hybridized carbons (Fsp3) is 0.650. The van der Waals surface area contributed by atoms with E-state index in [1.54, 1.807) is 7.11 Å². The number of aliphatic imine (C=N–C) groups is 1. The summed E-state index contributed by atoms with van der Waals surface area (Å²) < 4.78 is 11.8. The monoisotopic (exact) mass is 425 g/mol. The highest BCUT2D eigenvalue weighted by atomic mass is 79.9. The minimum absolute atomic E-state index is 0.343. The summed E-state index contributed by atoms with van der Waals surface area (Å²) in [5.41, 5.74) is 1.52. The first kappa shape index (κ1) is 21.0. The summed E-state index contributed by atoms with van der Waals surface area (Å²) >= 11 is 3.53. The summed E-state index contributed by atoms with van der Waals surface area (Å²) in [7, 11) is 3.50. The molecule has 5 nitrogen and oxygen atoms in total. The molecule has 0 aromatic heterocycles. The molecule has 1 aliphatic rings. The Labute approximate surface area is 166 Å². The van der Waals surface area contributed by atoms with Crippen LogP contribution in [0.5, 0.6) is 5.75 Å². The zero-order valence-electron chi connectivity index (χ0n) is 16.2. The van der Waals surface area contributed by atoms with E-state index >= 15 is 0 Å². The van der Waals surface area contributed by atoms with Gasteiger partial charge >= 0.3 is 0 Å². The van der Waals surface area contributed by atoms with Gasteiger partial charge < -0.3 is 20.1 Å². The van der Waals surface area contributed by atoms with Gasteiger partial charge in [0.2, 0.25) is 0 Å². The lowest BCUT2D eigenvalue weighted by molar-refractivity contribution is 0.105. The smallest absolute Gasteiger partial charge is 0.191 e. The van der Waals surface area contributed by atoms with E-state index in [-0.39, 0.29) is 0 Å². The van der Waals surface area contributed by atoms with Crippen molar-refractivity contribution in [2.75, 3.05) is 33.9 Å². The average Bonchev–Trinajstić information content (AvgIpc) is 3.11. The van der Waals surface area contributed by atoms with E-state index in [2.05, 4.69) is 50.6 Å². The molecule has 26 heavy (non-hydrogen) atoms. The number of ether oxygens (including phenoxy) is 2. The van der Waals surface area contributed by atoms with Gasteiger partial charge in [-0.25, -0.2) is 0 Å². The van der Waals surface area contributed by atoms with Crippen molar-refractivity contribution in [1.29, 1.82) is 0 Å². The maximum absolute atomic E-state index is 5.60. The molecule has 0 bridgehead atoms. The molecule has 146 valence electrons. The summed E-state index contributed by atoms with van der Waals surface area (Å²) in [6.07, 6.45) is 6.31. The summed E-state index contributed by atoms with van der Waals surface area (Å²) in [4.78, 5) is 4.37. The Morgan fingerprint density at radius 1 is 1.27 bits per heavy atom. The highest BCUT2D eigenvalue weighted by Gasteiger charge is 2.33. The van der Waals surface area contributed by atoms with Crippen LogP contribution in [0.3, 0.4) is 0 Å². The Morgan fingerprint density at radius 3 is 2.65 bits per heavy atom. The molecular formula is C20H32BrN3O2. The molecule has 0 spiro atoms. The fourth-order valence-corrected chi connectivity index (χ4v) is 4.16. The van der Waals surface area contributed by atoms with Crippen LogP contribution in [0.25, 0.3) is 0 Å². The summed E-state index contributed by atoms with van der Waals surface area (Å²) in [6.45, 7) is 5.37. The van der Waals surface area contributed by atoms with Crippen LogP contribution in [0.15, 0.2) is 27.7 Å². The van der Waals surface area contributed by atoms with E-state index in [1.807, 2.05) is 13.1 Å².